The van der Waals surface area contributed by atoms with Gasteiger partial charge in [-0.05, 0) is 36.5 Å². The molecule has 4 unspecified atom stereocenters. The lowest BCUT2D eigenvalue weighted by molar-refractivity contribution is 0.235. The van der Waals surface area contributed by atoms with Crippen LogP contribution in [0.4, 0.5) is 0 Å². The zero-order valence-electron chi connectivity index (χ0n) is 6.93. The molecule has 2 rings (SSSR count). The summed E-state index contributed by atoms with van der Waals surface area (Å²) in [5, 5.41) is 0. The zero-order chi connectivity index (χ0) is 7.35. The summed E-state index contributed by atoms with van der Waals surface area (Å²) in [6.07, 6.45) is 4.10. The Kier molecular flexibility index (Phi) is 1.17. The fourth-order valence-corrected chi connectivity index (χ4v) is 2.95. The average molecular weight is 139 g/mol. The topological polar surface area (TPSA) is 26.0 Å². The summed E-state index contributed by atoms with van der Waals surface area (Å²) in [7, 11) is 0. The highest BCUT2D eigenvalue weighted by Crippen LogP contribution is 2.56. The molecule has 2 aliphatic rings. The van der Waals surface area contributed by atoms with Crippen molar-refractivity contribution in [2.24, 2.45) is 23.0 Å². The number of hydrogen-bond acceptors (Lipinski definition) is 1. The van der Waals surface area contributed by atoms with E-state index in [1.54, 1.807) is 0 Å². The van der Waals surface area contributed by atoms with Crippen molar-refractivity contribution in [1.29, 1.82) is 0 Å². The smallest absolute Gasteiger partial charge is 0.00983 e. The first-order valence-corrected chi connectivity index (χ1v) is 4.40. The van der Waals surface area contributed by atoms with Gasteiger partial charge in [0.1, 0.15) is 0 Å². The molecule has 0 heterocycles. The Labute approximate surface area is 63.0 Å². The van der Waals surface area contributed by atoms with Crippen LogP contribution >= 0.6 is 0 Å². The van der Waals surface area contributed by atoms with E-state index >= 15 is 0 Å². The van der Waals surface area contributed by atoms with E-state index in [0.29, 0.717) is 11.5 Å². The highest BCUT2D eigenvalue weighted by atomic mass is 14.8. The van der Waals surface area contributed by atoms with Gasteiger partial charge in [-0.25, -0.2) is 0 Å². The number of rotatable bonds is 0. The third-order valence-electron chi connectivity index (χ3n) is 4.20. The monoisotopic (exact) mass is 139 g/mol. The van der Waals surface area contributed by atoms with Crippen LogP contribution in [0.15, 0.2) is 0 Å². The molecule has 0 spiro atoms. The van der Waals surface area contributed by atoms with E-state index in [1.165, 1.54) is 19.3 Å². The quantitative estimate of drug-likeness (QED) is 0.544. The van der Waals surface area contributed by atoms with Gasteiger partial charge in [0.15, 0.2) is 0 Å². The van der Waals surface area contributed by atoms with Crippen molar-refractivity contribution < 1.29 is 0 Å². The van der Waals surface area contributed by atoms with Crippen LogP contribution in [-0.2, 0) is 0 Å². The first-order valence-electron chi connectivity index (χ1n) is 4.40. The van der Waals surface area contributed by atoms with Crippen LogP contribution in [0.3, 0.4) is 0 Å². The van der Waals surface area contributed by atoms with Crippen LogP contribution in [0.5, 0.6) is 0 Å². The molecular formula is C9H17N. The lowest BCUT2D eigenvalue weighted by Crippen LogP contribution is -2.36. The molecule has 10 heavy (non-hydrogen) atoms. The highest BCUT2D eigenvalue weighted by Gasteiger charge is 2.52. The Bertz CT molecular complexity index is 155. The molecule has 2 fully saturated rings. The lowest BCUT2D eigenvalue weighted by atomic mass is 9.79. The number of hydrogen-bond donors (Lipinski definition) is 1. The second-order valence-electron chi connectivity index (χ2n) is 4.44. The summed E-state index contributed by atoms with van der Waals surface area (Å²) >= 11 is 0. The minimum absolute atomic E-state index is 0.501. The Morgan fingerprint density at radius 1 is 1.50 bits per heavy atom. The van der Waals surface area contributed by atoms with Crippen molar-refractivity contribution in [3.63, 3.8) is 0 Å². The third kappa shape index (κ3) is 0.572. The fourth-order valence-electron chi connectivity index (χ4n) is 2.95. The van der Waals surface area contributed by atoms with E-state index in [2.05, 4.69) is 13.8 Å². The van der Waals surface area contributed by atoms with E-state index in [4.69, 9.17) is 5.73 Å². The lowest BCUT2D eigenvalue weighted by Gasteiger charge is -2.30. The Morgan fingerprint density at radius 2 is 2.20 bits per heavy atom. The molecule has 0 aromatic rings. The molecule has 4 atom stereocenters. The minimum atomic E-state index is 0.501. The normalized spacial score (nSPS) is 59.7. The summed E-state index contributed by atoms with van der Waals surface area (Å²) in [5.41, 5.74) is 6.55. The minimum Gasteiger partial charge on any atom is -0.327 e. The molecule has 2 bridgehead atoms. The van der Waals surface area contributed by atoms with Crippen molar-refractivity contribution in [2.45, 2.75) is 39.2 Å². The Hall–Kier alpha value is -0.0400. The molecule has 0 radical (unpaired) electrons. The molecule has 2 aliphatic carbocycles. The largest absolute Gasteiger partial charge is 0.327 e. The van der Waals surface area contributed by atoms with Crippen molar-refractivity contribution >= 4 is 0 Å². The van der Waals surface area contributed by atoms with Gasteiger partial charge >= 0.3 is 0 Å². The zero-order valence-corrected chi connectivity index (χ0v) is 6.93. The van der Waals surface area contributed by atoms with Crippen LogP contribution in [0, 0.1) is 17.3 Å². The maximum atomic E-state index is 6.04. The van der Waals surface area contributed by atoms with E-state index in [1.807, 2.05) is 0 Å². The van der Waals surface area contributed by atoms with Crippen molar-refractivity contribution in [3.05, 3.63) is 0 Å². The predicted octanol–water partition coefficient (Wildman–Crippen LogP) is 1.77. The van der Waals surface area contributed by atoms with Crippen molar-refractivity contribution in [3.8, 4) is 0 Å². The van der Waals surface area contributed by atoms with E-state index in [-0.39, 0.29) is 0 Å². The Balaban J connectivity index is 2.29. The molecule has 0 aromatic carbocycles. The molecule has 2 N–H and O–H groups in total. The maximum absolute atomic E-state index is 6.04. The summed E-state index contributed by atoms with van der Waals surface area (Å²) < 4.78 is 0. The van der Waals surface area contributed by atoms with Gasteiger partial charge in [0.2, 0.25) is 0 Å². The van der Waals surface area contributed by atoms with Crippen molar-refractivity contribution in [1.82, 2.24) is 0 Å². The van der Waals surface area contributed by atoms with Gasteiger partial charge in [0.25, 0.3) is 0 Å². The summed E-state index contributed by atoms with van der Waals surface area (Å²) in [4.78, 5) is 0. The van der Waals surface area contributed by atoms with E-state index < -0.39 is 0 Å². The van der Waals surface area contributed by atoms with Crippen LogP contribution in [-0.4, -0.2) is 6.04 Å². The molecule has 0 aromatic heterocycles. The van der Waals surface area contributed by atoms with Crippen molar-refractivity contribution in [2.75, 3.05) is 0 Å². The first-order chi connectivity index (χ1) is 4.64. The van der Waals surface area contributed by atoms with Gasteiger partial charge < -0.3 is 5.73 Å². The van der Waals surface area contributed by atoms with Crippen LogP contribution < -0.4 is 5.73 Å². The average Bonchev–Trinajstić information content (AvgIpc) is 2.25. The van der Waals surface area contributed by atoms with Gasteiger partial charge in [-0.2, -0.15) is 0 Å². The molecule has 2 saturated carbocycles. The standard InChI is InChI=1S/C9H17N/c1-6-7-3-4-9(6,2)8(10)5-7/h6-8H,3-5,10H2,1-2H3. The summed E-state index contributed by atoms with van der Waals surface area (Å²) in [6, 6.07) is 0.501. The molecule has 0 amide bonds. The second-order valence-corrected chi connectivity index (χ2v) is 4.44. The van der Waals surface area contributed by atoms with Gasteiger partial charge in [0, 0.05) is 6.04 Å². The Morgan fingerprint density at radius 3 is 2.40 bits per heavy atom. The molecule has 0 saturated heterocycles. The molecular weight excluding hydrogens is 122 g/mol. The second kappa shape index (κ2) is 1.76. The number of nitrogens with two attached hydrogens (primary N) is 1. The van der Waals surface area contributed by atoms with Gasteiger partial charge in [-0.1, -0.05) is 13.8 Å². The van der Waals surface area contributed by atoms with Gasteiger partial charge in [0.05, 0.1) is 0 Å². The molecule has 0 aliphatic heterocycles. The fraction of sp³-hybridized carbons (Fsp3) is 1.00. The van der Waals surface area contributed by atoms with Crippen LogP contribution in [0.2, 0.25) is 0 Å². The molecule has 1 heteroatoms. The summed E-state index contributed by atoms with van der Waals surface area (Å²) in [5.74, 6) is 1.85. The SMILES string of the molecule is CC1C2CCC1(C)C(N)C2. The maximum Gasteiger partial charge on any atom is 0.00983 e. The van der Waals surface area contributed by atoms with Gasteiger partial charge in [-0.3, -0.25) is 0 Å². The van der Waals surface area contributed by atoms with Gasteiger partial charge in [-0.15, -0.1) is 0 Å². The first kappa shape index (κ1) is 6.66. The predicted molar refractivity (Wildman–Crippen MR) is 42.6 cm³/mol. The molecule has 58 valence electrons. The molecule has 1 nitrogen and oxygen atoms in total. The number of fused-ring (bicyclic) bond motifs is 2. The third-order valence-corrected chi connectivity index (χ3v) is 4.20. The van der Waals surface area contributed by atoms with Crippen LogP contribution in [0.25, 0.3) is 0 Å². The summed E-state index contributed by atoms with van der Waals surface area (Å²) in [6.45, 7) is 4.75. The van der Waals surface area contributed by atoms with Crippen LogP contribution in [0.1, 0.15) is 33.1 Å². The highest BCUT2D eigenvalue weighted by molar-refractivity contribution is 5.05. The van der Waals surface area contributed by atoms with E-state index in [0.717, 1.165) is 11.8 Å². The van der Waals surface area contributed by atoms with E-state index in [9.17, 15) is 0 Å².